The zero-order chi connectivity index (χ0) is 30.1. The molecular weight excluding hydrogens is 622 g/mol. The first-order chi connectivity index (χ1) is 19.3. The third-order valence-electron chi connectivity index (χ3n) is 7.45. The topological polar surface area (TPSA) is 53.1 Å². The van der Waals surface area contributed by atoms with Gasteiger partial charge in [0, 0.05) is 56.4 Å². The number of hydrogen-bond acceptors (Lipinski definition) is 5. The number of ether oxygens (including phenoxy) is 1. The van der Waals surface area contributed by atoms with Gasteiger partial charge in [-0.15, -0.1) is 0 Å². The minimum atomic E-state index is -4.66. The third-order valence-corrected chi connectivity index (χ3v) is 9.18. The van der Waals surface area contributed by atoms with Crippen LogP contribution in [0, 0.1) is 0 Å². The van der Waals surface area contributed by atoms with Crippen LogP contribution in [0.4, 0.5) is 13.2 Å². The average molecular weight is 653 g/mol. The zero-order valence-electron chi connectivity index (χ0n) is 22.8. The minimum Gasteiger partial charge on any atom is -0.488 e. The highest BCUT2D eigenvalue weighted by molar-refractivity contribution is 8.00. The Morgan fingerprint density at radius 2 is 1.63 bits per heavy atom. The summed E-state index contributed by atoms with van der Waals surface area (Å²) < 4.78 is 48.8. The van der Waals surface area contributed by atoms with E-state index in [1.165, 1.54) is 34.3 Å². The lowest BCUT2D eigenvalue weighted by Crippen LogP contribution is -2.60. The van der Waals surface area contributed by atoms with Crippen molar-refractivity contribution in [2.75, 3.05) is 46.5 Å². The SMILES string of the molecule is CSC(C(=O)N1CCC(N2CC(Oc3ccc(C(=O)N(C)C)c(Cl)c3)C2)CC1)C(c1cc(Cl)cc(Cl)c1)C(F)(F)F. The standard InChI is InChI=1S/C28H31Cl3F3N3O3S/c1-35(2)26(38)22-5-4-20(13-23(22)31)40-21-14-37(15-21)19-6-8-36(9-7-19)27(39)25(41-3)24(28(32,33)34)16-10-17(29)12-18(30)11-16/h4-5,10-13,19,21,24-25H,6-9,14-15H2,1-3H3. The fraction of sp³-hybridized carbons (Fsp3) is 0.500. The van der Waals surface area contributed by atoms with Crippen LogP contribution in [0.15, 0.2) is 36.4 Å². The van der Waals surface area contributed by atoms with Gasteiger partial charge >= 0.3 is 6.18 Å². The van der Waals surface area contributed by atoms with Gasteiger partial charge in [0.1, 0.15) is 17.8 Å². The van der Waals surface area contributed by atoms with E-state index < -0.39 is 23.3 Å². The molecule has 6 nitrogen and oxygen atoms in total. The van der Waals surface area contributed by atoms with Crippen molar-refractivity contribution in [1.82, 2.24) is 14.7 Å². The molecule has 0 N–H and O–H groups in total. The summed E-state index contributed by atoms with van der Waals surface area (Å²) in [5.41, 5.74) is 0.284. The number of benzene rings is 2. The van der Waals surface area contributed by atoms with Crippen LogP contribution in [-0.4, -0.2) is 96.6 Å². The molecule has 0 aromatic heterocycles. The molecule has 2 saturated heterocycles. The fourth-order valence-electron chi connectivity index (χ4n) is 5.32. The highest BCUT2D eigenvalue weighted by Gasteiger charge is 2.50. The van der Waals surface area contributed by atoms with E-state index in [0.29, 0.717) is 55.4 Å². The number of piperidine rings is 1. The van der Waals surface area contributed by atoms with Gasteiger partial charge in [0.15, 0.2) is 0 Å². The number of nitrogens with zero attached hydrogens (tertiary/aromatic N) is 3. The molecule has 0 aliphatic carbocycles. The minimum absolute atomic E-state index is 0.0425. The van der Waals surface area contributed by atoms with Gasteiger partial charge in [-0.05, 0) is 61.1 Å². The molecule has 2 atom stereocenters. The Bertz CT molecular complexity index is 1250. The number of likely N-dealkylation sites (tertiary alicyclic amines) is 2. The van der Waals surface area contributed by atoms with Gasteiger partial charge in [-0.1, -0.05) is 34.8 Å². The first-order valence-corrected chi connectivity index (χ1v) is 15.5. The van der Waals surface area contributed by atoms with E-state index in [1.807, 2.05) is 0 Å². The highest BCUT2D eigenvalue weighted by atomic mass is 35.5. The second-order valence-electron chi connectivity index (χ2n) is 10.5. The number of carbonyl (C=O) groups is 2. The lowest BCUT2D eigenvalue weighted by atomic mass is 9.92. The van der Waals surface area contributed by atoms with Crippen molar-refractivity contribution in [3.8, 4) is 5.75 Å². The van der Waals surface area contributed by atoms with Gasteiger partial charge in [-0.3, -0.25) is 14.5 Å². The first-order valence-electron chi connectivity index (χ1n) is 13.0. The van der Waals surface area contributed by atoms with Gasteiger partial charge < -0.3 is 14.5 Å². The number of amides is 2. The van der Waals surface area contributed by atoms with Crippen molar-refractivity contribution in [3.63, 3.8) is 0 Å². The van der Waals surface area contributed by atoms with E-state index in [4.69, 9.17) is 39.5 Å². The molecule has 0 spiro atoms. The maximum Gasteiger partial charge on any atom is 0.397 e. The van der Waals surface area contributed by atoms with Gasteiger partial charge in [0.2, 0.25) is 5.91 Å². The smallest absolute Gasteiger partial charge is 0.397 e. The molecule has 2 unspecified atom stereocenters. The molecule has 2 aliphatic heterocycles. The van der Waals surface area contributed by atoms with Gasteiger partial charge in [-0.2, -0.15) is 24.9 Å². The Kier molecular flexibility index (Phi) is 10.3. The number of halogens is 6. The summed E-state index contributed by atoms with van der Waals surface area (Å²) in [5.74, 6) is -2.17. The number of carbonyl (C=O) groups excluding carboxylic acids is 2. The van der Waals surface area contributed by atoms with Crippen LogP contribution in [0.5, 0.6) is 5.75 Å². The largest absolute Gasteiger partial charge is 0.488 e. The molecule has 2 amide bonds. The Balaban J connectivity index is 1.32. The van der Waals surface area contributed by atoms with E-state index in [2.05, 4.69) is 4.90 Å². The monoisotopic (exact) mass is 651 g/mol. The van der Waals surface area contributed by atoms with Crippen LogP contribution in [0.25, 0.3) is 0 Å². The lowest BCUT2D eigenvalue weighted by molar-refractivity contribution is -0.159. The normalized spacial score (nSPS) is 18.5. The fourth-order valence-corrected chi connectivity index (χ4v) is 7.05. The van der Waals surface area contributed by atoms with Crippen LogP contribution in [-0.2, 0) is 4.79 Å². The van der Waals surface area contributed by atoms with Crippen molar-refractivity contribution in [3.05, 3.63) is 62.6 Å². The molecule has 2 aliphatic rings. The molecule has 13 heteroatoms. The molecular formula is C28H31Cl3F3N3O3S. The summed E-state index contributed by atoms with van der Waals surface area (Å²) >= 11 is 19.1. The molecule has 2 heterocycles. The molecule has 4 rings (SSSR count). The van der Waals surface area contributed by atoms with Gasteiger partial charge in [-0.25, -0.2) is 0 Å². The molecule has 2 aromatic carbocycles. The van der Waals surface area contributed by atoms with E-state index in [9.17, 15) is 22.8 Å². The molecule has 0 saturated carbocycles. The summed E-state index contributed by atoms with van der Waals surface area (Å²) in [6, 6.07) is 9.04. The summed E-state index contributed by atoms with van der Waals surface area (Å²) in [7, 11) is 3.31. The third kappa shape index (κ3) is 7.57. The summed E-state index contributed by atoms with van der Waals surface area (Å²) in [6.07, 6.45) is -1.87. The predicted octanol–water partition coefficient (Wildman–Crippen LogP) is 6.48. The van der Waals surface area contributed by atoms with Gasteiger partial charge in [0.05, 0.1) is 15.8 Å². The second kappa shape index (κ2) is 13.2. The Hall–Kier alpha value is -1.85. The van der Waals surface area contributed by atoms with Crippen molar-refractivity contribution in [2.45, 2.75) is 42.3 Å². The Morgan fingerprint density at radius 1 is 1.02 bits per heavy atom. The molecule has 0 radical (unpaired) electrons. The molecule has 41 heavy (non-hydrogen) atoms. The van der Waals surface area contributed by atoms with Crippen molar-refractivity contribution in [2.24, 2.45) is 0 Å². The summed E-state index contributed by atoms with van der Waals surface area (Å²) in [5, 5.41) is -0.851. The summed E-state index contributed by atoms with van der Waals surface area (Å²) in [6.45, 7) is 2.13. The zero-order valence-corrected chi connectivity index (χ0v) is 25.8. The van der Waals surface area contributed by atoms with Gasteiger partial charge in [0.25, 0.3) is 5.91 Å². The molecule has 0 bridgehead atoms. The Morgan fingerprint density at radius 3 is 2.15 bits per heavy atom. The lowest BCUT2D eigenvalue weighted by Gasteiger charge is -2.47. The van der Waals surface area contributed by atoms with Crippen LogP contribution in [0.3, 0.4) is 0 Å². The van der Waals surface area contributed by atoms with Crippen molar-refractivity contribution < 1.29 is 27.5 Å². The number of thioether (sulfide) groups is 1. The van der Waals surface area contributed by atoms with E-state index in [1.54, 1.807) is 32.3 Å². The van der Waals surface area contributed by atoms with Crippen molar-refractivity contribution >= 4 is 58.4 Å². The van der Waals surface area contributed by atoms with Crippen LogP contribution < -0.4 is 4.74 Å². The maximum absolute atomic E-state index is 14.2. The maximum atomic E-state index is 14.2. The number of hydrogen-bond donors (Lipinski definition) is 0. The van der Waals surface area contributed by atoms with Crippen LogP contribution >= 0.6 is 46.6 Å². The molecule has 2 aromatic rings. The second-order valence-corrected chi connectivity index (χ2v) is 12.7. The quantitative estimate of drug-likeness (QED) is 0.327. The summed E-state index contributed by atoms with van der Waals surface area (Å²) in [4.78, 5) is 30.8. The van der Waals surface area contributed by atoms with E-state index in [-0.39, 0.29) is 33.7 Å². The number of alkyl halides is 3. The molecule has 2 fully saturated rings. The average Bonchev–Trinajstić information content (AvgIpc) is 2.87. The van der Waals surface area contributed by atoms with Crippen LogP contribution in [0.1, 0.15) is 34.7 Å². The van der Waals surface area contributed by atoms with Crippen LogP contribution in [0.2, 0.25) is 15.1 Å². The molecule has 224 valence electrons. The first kappa shape index (κ1) is 32.1. The predicted molar refractivity (Wildman–Crippen MR) is 158 cm³/mol. The Labute approximate surface area is 257 Å². The van der Waals surface area contributed by atoms with Crippen molar-refractivity contribution in [1.29, 1.82) is 0 Å². The van der Waals surface area contributed by atoms with E-state index >= 15 is 0 Å². The number of rotatable bonds is 8. The van der Waals surface area contributed by atoms with E-state index in [0.717, 1.165) is 11.8 Å². The highest BCUT2D eigenvalue weighted by Crippen LogP contribution is 2.44.